The normalized spacial score (nSPS) is 20.1. The van der Waals surface area contributed by atoms with E-state index in [1.165, 1.54) is 12.8 Å². The molecule has 0 unspecified atom stereocenters. The summed E-state index contributed by atoms with van der Waals surface area (Å²) in [7, 11) is 0. The van der Waals surface area contributed by atoms with Gasteiger partial charge in [0.05, 0.1) is 6.10 Å². The van der Waals surface area contributed by atoms with Gasteiger partial charge < -0.3 is 4.74 Å². The Morgan fingerprint density at radius 1 is 1.57 bits per heavy atom. The molecule has 0 aromatic heterocycles. The molecule has 1 rings (SSSR count). The Labute approximate surface area is 44.7 Å². The van der Waals surface area contributed by atoms with Crippen molar-refractivity contribution < 1.29 is 4.74 Å². The van der Waals surface area contributed by atoms with Gasteiger partial charge in [-0.2, -0.15) is 0 Å². The van der Waals surface area contributed by atoms with Crippen LogP contribution in [-0.2, 0) is 4.74 Å². The van der Waals surface area contributed by atoms with Crippen LogP contribution in [0.15, 0.2) is 0 Å². The van der Waals surface area contributed by atoms with Gasteiger partial charge in [0, 0.05) is 6.61 Å². The average Bonchev–Trinajstić information content (AvgIpc) is 2.42. The summed E-state index contributed by atoms with van der Waals surface area (Å²) in [5.41, 5.74) is 0. The molecule has 7 heavy (non-hydrogen) atoms. The van der Waals surface area contributed by atoms with Crippen molar-refractivity contribution in [1.82, 2.24) is 0 Å². The van der Waals surface area contributed by atoms with Crippen molar-refractivity contribution >= 4 is 0 Å². The molecule has 0 aromatic carbocycles. The van der Waals surface area contributed by atoms with Crippen molar-refractivity contribution in [3.63, 3.8) is 0 Å². The Hall–Kier alpha value is -0.0400. The van der Waals surface area contributed by atoms with Crippen molar-refractivity contribution in [2.24, 2.45) is 0 Å². The van der Waals surface area contributed by atoms with Crippen LogP contribution >= 0.6 is 0 Å². The van der Waals surface area contributed by atoms with E-state index in [1.54, 1.807) is 0 Å². The monoisotopic (exact) mass is 99.1 g/mol. The summed E-state index contributed by atoms with van der Waals surface area (Å²) >= 11 is 0. The molecule has 1 radical (unpaired) electrons. The van der Waals surface area contributed by atoms with E-state index < -0.39 is 0 Å². The predicted octanol–water partition coefficient (Wildman–Crippen LogP) is 1.39. The lowest BCUT2D eigenvalue weighted by Gasteiger charge is -1.94. The highest BCUT2D eigenvalue weighted by Crippen LogP contribution is 2.23. The molecule has 1 nitrogen and oxygen atoms in total. The summed E-state index contributed by atoms with van der Waals surface area (Å²) in [4.78, 5) is 0. The smallest absolute Gasteiger partial charge is 0.0577 e. The number of ether oxygens (including phenoxy) is 1. The molecule has 0 heterocycles. The van der Waals surface area contributed by atoms with Crippen LogP contribution in [0.3, 0.4) is 0 Å². The highest BCUT2D eigenvalue weighted by molar-refractivity contribution is 4.72. The van der Waals surface area contributed by atoms with Gasteiger partial charge in [-0.1, -0.05) is 6.92 Å². The molecule has 0 saturated heterocycles. The van der Waals surface area contributed by atoms with Gasteiger partial charge in [-0.15, -0.1) is 0 Å². The lowest BCUT2D eigenvalue weighted by molar-refractivity contribution is 0.124. The summed E-state index contributed by atoms with van der Waals surface area (Å²) in [6.07, 6.45) is 4.08. The van der Waals surface area contributed by atoms with Crippen LogP contribution in [-0.4, -0.2) is 12.7 Å². The van der Waals surface area contributed by atoms with E-state index in [2.05, 4.69) is 6.92 Å². The van der Waals surface area contributed by atoms with Crippen molar-refractivity contribution in [1.29, 1.82) is 0 Å². The molecule has 0 aromatic rings. The highest BCUT2D eigenvalue weighted by atomic mass is 16.5. The van der Waals surface area contributed by atoms with Gasteiger partial charge in [0.15, 0.2) is 0 Å². The van der Waals surface area contributed by atoms with E-state index in [0.717, 1.165) is 13.0 Å². The minimum absolute atomic E-state index is 0.613. The second-order valence-electron chi connectivity index (χ2n) is 1.92. The quantitative estimate of drug-likeness (QED) is 0.519. The number of hydrogen-bond donors (Lipinski definition) is 0. The Balaban J connectivity index is 1.80. The summed E-state index contributed by atoms with van der Waals surface area (Å²) in [5, 5.41) is 0. The molecule has 0 aliphatic heterocycles. The molecule has 41 valence electrons. The van der Waals surface area contributed by atoms with Crippen LogP contribution in [0.25, 0.3) is 0 Å². The minimum Gasteiger partial charge on any atom is -0.378 e. The Bertz CT molecular complexity index is 48.1. The Morgan fingerprint density at radius 3 is 2.71 bits per heavy atom. The third kappa shape index (κ3) is 1.93. The third-order valence-electron chi connectivity index (χ3n) is 1.02. The van der Waals surface area contributed by atoms with Gasteiger partial charge in [0.1, 0.15) is 0 Å². The average molecular weight is 99.2 g/mol. The van der Waals surface area contributed by atoms with Crippen molar-refractivity contribution in [2.45, 2.75) is 25.4 Å². The molecule has 0 spiro atoms. The van der Waals surface area contributed by atoms with Crippen molar-refractivity contribution in [3.05, 3.63) is 6.92 Å². The molecule has 0 amide bonds. The second-order valence-corrected chi connectivity index (χ2v) is 1.92. The van der Waals surface area contributed by atoms with Gasteiger partial charge >= 0.3 is 0 Å². The van der Waals surface area contributed by atoms with Gasteiger partial charge in [0.25, 0.3) is 0 Å². The highest BCUT2D eigenvalue weighted by Gasteiger charge is 2.20. The van der Waals surface area contributed by atoms with Crippen molar-refractivity contribution in [3.8, 4) is 0 Å². The maximum absolute atomic E-state index is 5.24. The molecule has 0 N–H and O–H groups in total. The largest absolute Gasteiger partial charge is 0.378 e. The Kier molecular flexibility index (Phi) is 1.69. The maximum atomic E-state index is 5.24. The van der Waals surface area contributed by atoms with Gasteiger partial charge in [-0.05, 0) is 19.3 Å². The van der Waals surface area contributed by atoms with Gasteiger partial charge in [-0.3, -0.25) is 0 Å². The van der Waals surface area contributed by atoms with Crippen molar-refractivity contribution in [2.75, 3.05) is 6.61 Å². The topological polar surface area (TPSA) is 9.23 Å². The number of hydrogen-bond acceptors (Lipinski definition) is 1. The molecular weight excluding hydrogens is 88.1 g/mol. The fraction of sp³-hybridized carbons (Fsp3) is 0.833. The standard InChI is InChI=1S/C6H11O/c1-2-5-7-6-3-4-6/h6H,1-5H2. The molecule has 1 aliphatic carbocycles. The molecular formula is C6H11O. The SMILES string of the molecule is [CH2]CCOC1CC1. The first-order valence-corrected chi connectivity index (χ1v) is 2.84. The first kappa shape index (κ1) is 5.10. The zero-order valence-electron chi connectivity index (χ0n) is 4.52. The summed E-state index contributed by atoms with van der Waals surface area (Å²) in [6.45, 7) is 4.51. The zero-order chi connectivity index (χ0) is 5.11. The Morgan fingerprint density at radius 2 is 2.29 bits per heavy atom. The molecule has 1 heteroatoms. The van der Waals surface area contributed by atoms with Crippen LogP contribution in [0.1, 0.15) is 19.3 Å². The first-order chi connectivity index (χ1) is 3.43. The lowest BCUT2D eigenvalue weighted by Crippen LogP contribution is -1.92. The van der Waals surface area contributed by atoms with Crippen LogP contribution in [0.5, 0.6) is 0 Å². The van der Waals surface area contributed by atoms with E-state index in [9.17, 15) is 0 Å². The van der Waals surface area contributed by atoms with E-state index in [1.807, 2.05) is 0 Å². The molecule has 1 aliphatic rings. The van der Waals surface area contributed by atoms with Crippen LogP contribution in [0, 0.1) is 6.92 Å². The van der Waals surface area contributed by atoms with E-state index in [-0.39, 0.29) is 0 Å². The summed E-state index contributed by atoms with van der Waals surface area (Å²) in [5.74, 6) is 0. The van der Waals surface area contributed by atoms with E-state index >= 15 is 0 Å². The molecule has 0 atom stereocenters. The predicted molar refractivity (Wildman–Crippen MR) is 28.9 cm³/mol. The van der Waals surface area contributed by atoms with E-state index in [4.69, 9.17) is 4.74 Å². The third-order valence-corrected chi connectivity index (χ3v) is 1.02. The zero-order valence-corrected chi connectivity index (χ0v) is 4.52. The fourth-order valence-electron chi connectivity index (χ4n) is 0.485. The summed E-state index contributed by atoms with van der Waals surface area (Å²) < 4.78 is 5.24. The lowest BCUT2D eigenvalue weighted by atomic mass is 10.5. The minimum atomic E-state index is 0.613. The van der Waals surface area contributed by atoms with Gasteiger partial charge in [0.2, 0.25) is 0 Å². The molecule has 0 bridgehead atoms. The van der Waals surface area contributed by atoms with Gasteiger partial charge in [-0.25, -0.2) is 0 Å². The second kappa shape index (κ2) is 2.31. The first-order valence-electron chi connectivity index (χ1n) is 2.84. The van der Waals surface area contributed by atoms with Crippen LogP contribution in [0.4, 0.5) is 0 Å². The number of rotatable bonds is 3. The molecule has 1 fully saturated rings. The molecule has 1 saturated carbocycles. The summed E-state index contributed by atoms with van der Waals surface area (Å²) in [6, 6.07) is 0. The van der Waals surface area contributed by atoms with E-state index in [0.29, 0.717) is 6.10 Å². The fourth-order valence-corrected chi connectivity index (χ4v) is 0.485. The maximum Gasteiger partial charge on any atom is 0.0577 e. The van der Waals surface area contributed by atoms with Crippen LogP contribution < -0.4 is 0 Å². The van der Waals surface area contributed by atoms with Crippen LogP contribution in [0.2, 0.25) is 0 Å².